The van der Waals surface area contributed by atoms with Gasteiger partial charge in [0.15, 0.2) is 0 Å². The van der Waals surface area contributed by atoms with Crippen molar-refractivity contribution in [3.05, 3.63) is 35.4 Å². The highest BCUT2D eigenvalue weighted by molar-refractivity contribution is 5.78. The molecule has 1 aromatic rings. The Labute approximate surface area is 132 Å². The van der Waals surface area contributed by atoms with Crippen LogP contribution >= 0.6 is 0 Å². The van der Waals surface area contributed by atoms with Crippen molar-refractivity contribution in [2.24, 2.45) is 5.92 Å². The molecule has 0 bridgehead atoms. The summed E-state index contributed by atoms with van der Waals surface area (Å²) in [5.41, 5.74) is 2.45. The smallest absolute Gasteiger partial charge is 0.234 e. The van der Waals surface area contributed by atoms with Gasteiger partial charge in [-0.3, -0.25) is 9.69 Å². The topological polar surface area (TPSA) is 52.6 Å². The summed E-state index contributed by atoms with van der Waals surface area (Å²) in [6.45, 7) is 3.55. The van der Waals surface area contributed by atoms with Crippen molar-refractivity contribution in [1.82, 2.24) is 10.2 Å². The van der Waals surface area contributed by atoms with Crippen LogP contribution in [0.1, 0.15) is 42.9 Å². The molecule has 1 amide bonds. The molecule has 1 aliphatic carbocycles. The van der Waals surface area contributed by atoms with Crippen LogP contribution in [0.15, 0.2) is 24.3 Å². The fourth-order valence-corrected chi connectivity index (χ4v) is 3.39. The Balaban J connectivity index is 1.61. The quantitative estimate of drug-likeness (QED) is 0.845. The highest BCUT2D eigenvalue weighted by atomic mass is 16.3. The van der Waals surface area contributed by atoms with Crippen molar-refractivity contribution >= 4 is 5.91 Å². The van der Waals surface area contributed by atoms with Crippen LogP contribution < -0.4 is 5.32 Å². The number of amides is 1. The van der Waals surface area contributed by atoms with E-state index in [0.717, 1.165) is 19.4 Å². The number of nitrogens with one attached hydrogen (secondary N) is 1. The zero-order valence-corrected chi connectivity index (χ0v) is 13.3. The first kappa shape index (κ1) is 15.5. The standard InChI is InChI=1S/C18H26N2O2/c1-13-4-6-14(7-5-13)18(15-8-9-15)19-17(22)11-20-10-2-3-16(20)12-21/h4-7,15-16,18,21H,2-3,8-12H2,1H3,(H,19,22)/t16-,18-/m0/s1. The van der Waals surface area contributed by atoms with Gasteiger partial charge < -0.3 is 10.4 Å². The van der Waals surface area contributed by atoms with Gasteiger partial charge in [-0.15, -0.1) is 0 Å². The second-order valence-electron chi connectivity index (χ2n) is 6.74. The number of carbonyl (C=O) groups excluding carboxylic acids is 1. The molecule has 4 nitrogen and oxygen atoms in total. The van der Waals surface area contributed by atoms with Crippen LogP contribution in [0.2, 0.25) is 0 Å². The SMILES string of the molecule is Cc1ccc([C@H](NC(=O)CN2CCC[C@H]2CO)C2CC2)cc1. The zero-order valence-electron chi connectivity index (χ0n) is 13.3. The Kier molecular flexibility index (Phi) is 4.79. The van der Waals surface area contributed by atoms with Gasteiger partial charge in [-0.25, -0.2) is 0 Å². The predicted octanol–water partition coefficient (Wildman–Crippen LogP) is 2.02. The third kappa shape index (κ3) is 3.68. The van der Waals surface area contributed by atoms with Gasteiger partial charge in [0.25, 0.3) is 0 Å². The molecule has 2 fully saturated rings. The van der Waals surface area contributed by atoms with E-state index in [9.17, 15) is 9.90 Å². The summed E-state index contributed by atoms with van der Waals surface area (Å²) in [5, 5.41) is 12.6. The molecule has 1 saturated heterocycles. The van der Waals surface area contributed by atoms with Gasteiger partial charge in [-0.05, 0) is 50.6 Å². The van der Waals surface area contributed by atoms with Gasteiger partial charge in [-0.2, -0.15) is 0 Å². The number of rotatable bonds is 6. The van der Waals surface area contributed by atoms with Crippen LogP contribution in [0.5, 0.6) is 0 Å². The van der Waals surface area contributed by atoms with E-state index < -0.39 is 0 Å². The van der Waals surface area contributed by atoms with Crippen molar-refractivity contribution in [1.29, 1.82) is 0 Å². The van der Waals surface area contributed by atoms with Gasteiger partial charge in [0.2, 0.25) is 5.91 Å². The summed E-state index contributed by atoms with van der Waals surface area (Å²) in [5.74, 6) is 0.664. The second kappa shape index (κ2) is 6.80. The Morgan fingerprint density at radius 2 is 2.05 bits per heavy atom. The van der Waals surface area contributed by atoms with Crippen LogP contribution in [0.3, 0.4) is 0 Å². The van der Waals surface area contributed by atoms with E-state index in [1.54, 1.807) is 0 Å². The largest absolute Gasteiger partial charge is 0.395 e. The lowest BCUT2D eigenvalue weighted by Gasteiger charge is -2.24. The van der Waals surface area contributed by atoms with Crippen LogP contribution in [0.25, 0.3) is 0 Å². The highest BCUT2D eigenvalue weighted by Gasteiger charge is 2.34. The molecule has 0 spiro atoms. The monoisotopic (exact) mass is 302 g/mol. The molecule has 3 rings (SSSR count). The van der Waals surface area contributed by atoms with Crippen molar-refractivity contribution in [3.63, 3.8) is 0 Å². The van der Waals surface area contributed by atoms with E-state index >= 15 is 0 Å². The van der Waals surface area contributed by atoms with Gasteiger partial charge in [-0.1, -0.05) is 29.8 Å². The first-order valence-corrected chi connectivity index (χ1v) is 8.38. The number of likely N-dealkylation sites (tertiary alicyclic amines) is 1. The maximum absolute atomic E-state index is 12.4. The number of aryl methyl sites for hydroxylation is 1. The summed E-state index contributed by atoms with van der Waals surface area (Å²) < 4.78 is 0. The number of carbonyl (C=O) groups is 1. The highest BCUT2D eigenvalue weighted by Crippen LogP contribution is 2.41. The Morgan fingerprint density at radius 3 is 2.68 bits per heavy atom. The third-order valence-corrected chi connectivity index (χ3v) is 4.90. The van der Waals surface area contributed by atoms with Crippen LogP contribution in [0.4, 0.5) is 0 Å². The minimum absolute atomic E-state index is 0.0813. The number of aliphatic hydroxyl groups excluding tert-OH is 1. The number of benzene rings is 1. The average molecular weight is 302 g/mol. The third-order valence-electron chi connectivity index (χ3n) is 4.90. The van der Waals surface area contributed by atoms with E-state index in [0.29, 0.717) is 12.5 Å². The van der Waals surface area contributed by atoms with Gasteiger partial charge in [0, 0.05) is 6.04 Å². The first-order valence-electron chi connectivity index (χ1n) is 8.38. The van der Waals surface area contributed by atoms with Crippen LogP contribution in [-0.2, 0) is 4.79 Å². The molecule has 2 atom stereocenters. The molecule has 2 N–H and O–H groups in total. The van der Waals surface area contributed by atoms with Crippen molar-refractivity contribution < 1.29 is 9.90 Å². The number of hydrogen-bond acceptors (Lipinski definition) is 3. The molecule has 0 radical (unpaired) electrons. The predicted molar refractivity (Wildman–Crippen MR) is 86.5 cm³/mol. The lowest BCUT2D eigenvalue weighted by Crippen LogP contribution is -2.42. The Bertz CT molecular complexity index is 510. The van der Waals surface area contributed by atoms with Crippen molar-refractivity contribution in [2.45, 2.75) is 44.7 Å². The first-order chi connectivity index (χ1) is 10.7. The fourth-order valence-electron chi connectivity index (χ4n) is 3.39. The van der Waals surface area contributed by atoms with Gasteiger partial charge >= 0.3 is 0 Å². The molecule has 4 heteroatoms. The number of aliphatic hydroxyl groups is 1. The molecule has 1 aromatic carbocycles. The molecular formula is C18H26N2O2. The summed E-state index contributed by atoms with van der Waals surface area (Å²) in [7, 11) is 0. The maximum atomic E-state index is 12.4. The number of hydrogen-bond donors (Lipinski definition) is 2. The molecule has 120 valence electrons. The molecule has 1 saturated carbocycles. The zero-order chi connectivity index (χ0) is 15.5. The summed E-state index contributed by atoms with van der Waals surface area (Å²) >= 11 is 0. The van der Waals surface area contributed by atoms with E-state index in [4.69, 9.17) is 0 Å². The second-order valence-corrected chi connectivity index (χ2v) is 6.74. The molecule has 0 unspecified atom stereocenters. The maximum Gasteiger partial charge on any atom is 0.234 e. The molecule has 1 aliphatic heterocycles. The summed E-state index contributed by atoms with van der Waals surface area (Å²) in [6.07, 6.45) is 4.46. The summed E-state index contributed by atoms with van der Waals surface area (Å²) in [4.78, 5) is 14.5. The van der Waals surface area contributed by atoms with Crippen LogP contribution in [0, 0.1) is 12.8 Å². The van der Waals surface area contributed by atoms with Crippen molar-refractivity contribution in [2.75, 3.05) is 19.7 Å². The lowest BCUT2D eigenvalue weighted by atomic mass is 10.0. The molecule has 0 aromatic heterocycles. The van der Waals surface area contributed by atoms with Crippen LogP contribution in [-0.4, -0.2) is 41.7 Å². The molecule has 1 heterocycles. The van der Waals surface area contributed by atoms with Crippen molar-refractivity contribution in [3.8, 4) is 0 Å². The lowest BCUT2D eigenvalue weighted by molar-refractivity contribution is -0.123. The molecule has 2 aliphatic rings. The summed E-state index contributed by atoms with van der Waals surface area (Å²) in [6, 6.07) is 8.78. The Hall–Kier alpha value is -1.39. The average Bonchev–Trinajstić information content (AvgIpc) is 3.26. The van der Waals surface area contributed by atoms with Gasteiger partial charge in [0.1, 0.15) is 0 Å². The van der Waals surface area contributed by atoms with E-state index in [-0.39, 0.29) is 24.6 Å². The normalized spacial score (nSPS) is 23.5. The fraction of sp³-hybridized carbons (Fsp3) is 0.611. The van der Waals surface area contributed by atoms with E-state index in [1.165, 1.54) is 24.0 Å². The molecular weight excluding hydrogens is 276 g/mol. The van der Waals surface area contributed by atoms with E-state index in [2.05, 4.69) is 41.4 Å². The minimum atomic E-state index is 0.0813. The van der Waals surface area contributed by atoms with E-state index in [1.807, 2.05) is 0 Å². The molecule has 22 heavy (non-hydrogen) atoms. The van der Waals surface area contributed by atoms with Gasteiger partial charge in [0.05, 0.1) is 19.2 Å². The minimum Gasteiger partial charge on any atom is -0.395 e. The Morgan fingerprint density at radius 1 is 1.32 bits per heavy atom. The number of nitrogens with zero attached hydrogens (tertiary/aromatic N) is 1.